The Hall–Kier alpha value is -2.24. The molecular formula is C17H24N2O4. The molecule has 1 aliphatic heterocycles. The van der Waals surface area contributed by atoms with E-state index < -0.39 is 5.92 Å². The Balaban J connectivity index is 2.11. The summed E-state index contributed by atoms with van der Waals surface area (Å²) in [7, 11) is 3.11. The zero-order chi connectivity index (χ0) is 17.0. The number of anilines is 1. The van der Waals surface area contributed by atoms with Crippen LogP contribution in [0.15, 0.2) is 18.2 Å². The zero-order valence-corrected chi connectivity index (χ0v) is 14.1. The number of hydrogen-bond donors (Lipinski definition) is 1. The van der Waals surface area contributed by atoms with Gasteiger partial charge in [-0.1, -0.05) is 13.8 Å². The molecule has 0 bridgehead atoms. The number of ether oxygens (including phenoxy) is 2. The van der Waals surface area contributed by atoms with Crippen molar-refractivity contribution < 1.29 is 19.1 Å². The average molecular weight is 320 g/mol. The van der Waals surface area contributed by atoms with Crippen LogP contribution in [0.2, 0.25) is 0 Å². The van der Waals surface area contributed by atoms with Crippen LogP contribution < -0.4 is 19.7 Å². The third-order valence-corrected chi connectivity index (χ3v) is 3.89. The van der Waals surface area contributed by atoms with E-state index in [0.29, 0.717) is 42.6 Å². The van der Waals surface area contributed by atoms with Gasteiger partial charge in [0.1, 0.15) is 5.92 Å². The summed E-state index contributed by atoms with van der Waals surface area (Å²) in [4.78, 5) is 26.3. The van der Waals surface area contributed by atoms with E-state index in [-0.39, 0.29) is 11.8 Å². The molecule has 1 atom stereocenters. The highest BCUT2D eigenvalue weighted by Crippen LogP contribution is 2.34. The molecule has 1 saturated heterocycles. The minimum Gasteiger partial charge on any atom is -0.493 e. The molecule has 0 aromatic heterocycles. The highest BCUT2D eigenvalue weighted by atomic mass is 16.5. The summed E-state index contributed by atoms with van der Waals surface area (Å²) in [6.45, 7) is 5.15. The Kier molecular flexibility index (Phi) is 5.47. The summed E-state index contributed by atoms with van der Waals surface area (Å²) in [5, 5.41) is 2.84. The predicted octanol–water partition coefficient (Wildman–Crippen LogP) is 1.83. The molecule has 1 N–H and O–H groups in total. The van der Waals surface area contributed by atoms with Crippen LogP contribution in [0.1, 0.15) is 20.3 Å². The highest BCUT2D eigenvalue weighted by Gasteiger charge is 2.37. The first-order valence-corrected chi connectivity index (χ1v) is 7.79. The zero-order valence-electron chi connectivity index (χ0n) is 14.1. The second kappa shape index (κ2) is 7.35. The molecule has 23 heavy (non-hydrogen) atoms. The fourth-order valence-corrected chi connectivity index (χ4v) is 2.60. The van der Waals surface area contributed by atoms with E-state index in [1.54, 1.807) is 37.3 Å². The second-order valence-electron chi connectivity index (χ2n) is 6.01. The maximum Gasteiger partial charge on any atom is 0.239 e. The number of amides is 2. The summed E-state index contributed by atoms with van der Waals surface area (Å²) in [6.07, 6.45) is 0.525. The molecule has 2 rings (SSSR count). The van der Waals surface area contributed by atoms with Crippen molar-refractivity contribution in [2.24, 2.45) is 11.8 Å². The lowest BCUT2D eigenvalue weighted by atomic mass is 10.1. The Morgan fingerprint density at radius 2 is 2.00 bits per heavy atom. The minimum absolute atomic E-state index is 0.168. The van der Waals surface area contributed by atoms with Gasteiger partial charge in [0.25, 0.3) is 0 Å². The number of benzene rings is 1. The fraction of sp³-hybridized carbons (Fsp3) is 0.529. The van der Waals surface area contributed by atoms with Gasteiger partial charge in [0.2, 0.25) is 11.8 Å². The summed E-state index contributed by atoms with van der Waals surface area (Å²) in [6, 6.07) is 5.31. The van der Waals surface area contributed by atoms with Crippen molar-refractivity contribution in [3.05, 3.63) is 18.2 Å². The van der Waals surface area contributed by atoms with E-state index >= 15 is 0 Å². The monoisotopic (exact) mass is 320 g/mol. The molecule has 2 amide bonds. The molecule has 0 spiro atoms. The predicted molar refractivity (Wildman–Crippen MR) is 87.9 cm³/mol. The van der Waals surface area contributed by atoms with E-state index in [0.717, 1.165) is 0 Å². The minimum atomic E-state index is -0.609. The van der Waals surface area contributed by atoms with Gasteiger partial charge in [0, 0.05) is 24.8 Å². The van der Waals surface area contributed by atoms with Crippen molar-refractivity contribution in [1.82, 2.24) is 5.32 Å². The van der Waals surface area contributed by atoms with Crippen molar-refractivity contribution in [3.63, 3.8) is 0 Å². The first-order valence-electron chi connectivity index (χ1n) is 7.79. The average Bonchev–Trinajstić information content (AvgIpc) is 2.93. The SMILES string of the molecule is COc1ccc(N2CCC(C(=O)NCC(C)C)C2=O)cc1OC. The van der Waals surface area contributed by atoms with Gasteiger partial charge in [0.15, 0.2) is 11.5 Å². The Morgan fingerprint density at radius 3 is 2.61 bits per heavy atom. The summed E-state index contributed by atoms with van der Waals surface area (Å²) in [5.41, 5.74) is 0.715. The largest absolute Gasteiger partial charge is 0.493 e. The molecule has 6 heteroatoms. The van der Waals surface area contributed by atoms with Gasteiger partial charge in [-0.25, -0.2) is 0 Å². The lowest BCUT2D eigenvalue weighted by molar-refractivity contribution is -0.132. The molecule has 1 aliphatic rings. The number of hydrogen-bond acceptors (Lipinski definition) is 4. The maximum absolute atomic E-state index is 12.5. The van der Waals surface area contributed by atoms with E-state index in [9.17, 15) is 9.59 Å². The van der Waals surface area contributed by atoms with Gasteiger partial charge in [-0.3, -0.25) is 9.59 Å². The van der Waals surface area contributed by atoms with Crippen LogP contribution in [0.5, 0.6) is 11.5 Å². The number of nitrogens with zero attached hydrogens (tertiary/aromatic N) is 1. The quantitative estimate of drug-likeness (QED) is 0.812. The number of rotatable bonds is 6. The van der Waals surface area contributed by atoms with Crippen LogP contribution >= 0.6 is 0 Å². The third-order valence-electron chi connectivity index (χ3n) is 3.89. The van der Waals surface area contributed by atoms with Crippen LogP contribution in [0.3, 0.4) is 0 Å². The molecule has 1 unspecified atom stereocenters. The Bertz CT molecular complexity index is 586. The highest BCUT2D eigenvalue weighted by molar-refractivity contribution is 6.09. The number of carbonyl (C=O) groups excluding carboxylic acids is 2. The van der Waals surface area contributed by atoms with Crippen LogP contribution in [-0.2, 0) is 9.59 Å². The lowest BCUT2D eigenvalue weighted by Gasteiger charge is -2.18. The first kappa shape index (κ1) is 17.1. The van der Waals surface area contributed by atoms with Crippen LogP contribution in [-0.4, -0.2) is 39.1 Å². The number of carbonyl (C=O) groups is 2. The van der Waals surface area contributed by atoms with E-state index in [1.807, 2.05) is 13.8 Å². The van der Waals surface area contributed by atoms with Gasteiger partial charge in [0.05, 0.1) is 14.2 Å². The summed E-state index contributed by atoms with van der Waals surface area (Å²) >= 11 is 0. The molecule has 1 heterocycles. The molecule has 0 aliphatic carbocycles. The summed E-state index contributed by atoms with van der Waals surface area (Å²) in [5.74, 6) is 0.559. The van der Waals surface area contributed by atoms with Crippen molar-refractivity contribution in [2.45, 2.75) is 20.3 Å². The second-order valence-corrected chi connectivity index (χ2v) is 6.01. The van der Waals surface area contributed by atoms with Gasteiger partial charge in [-0.15, -0.1) is 0 Å². The fourth-order valence-electron chi connectivity index (χ4n) is 2.60. The van der Waals surface area contributed by atoms with E-state index in [1.165, 1.54) is 0 Å². The van der Waals surface area contributed by atoms with Crippen molar-refractivity contribution in [3.8, 4) is 11.5 Å². The van der Waals surface area contributed by atoms with Crippen LogP contribution in [0.25, 0.3) is 0 Å². The van der Waals surface area contributed by atoms with Gasteiger partial charge < -0.3 is 19.7 Å². The number of methoxy groups -OCH3 is 2. The Labute approximate surface area is 136 Å². The van der Waals surface area contributed by atoms with Crippen molar-refractivity contribution in [2.75, 3.05) is 32.2 Å². The molecular weight excluding hydrogens is 296 g/mol. The summed E-state index contributed by atoms with van der Waals surface area (Å²) < 4.78 is 10.5. The molecule has 1 aromatic carbocycles. The number of nitrogens with one attached hydrogen (secondary N) is 1. The third kappa shape index (κ3) is 3.75. The van der Waals surface area contributed by atoms with Crippen LogP contribution in [0.4, 0.5) is 5.69 Å². The smallest absolute Gasteiger partial charge is 0.239 e. The van der Waals surface area contributed by atoms with E-state index in [4.69, 9.17) is 9.47 Å². The van der Waals surface area contributed by atoms with Crippen molar-refractivity contribution >= 4 is 17.5 Å². The standard InChI is InChI=1S/C17H24N2O4/c1-11(2)10-18-16(20)13-7-8-19(17(13)21)12-5-6-14(22-3)15(9-12)23-4/h5-6,9,11,13H,7-8,10H2,1-4H3,(H,18,20). The maximum atomic E-state index is 12.5. The molecule has 0 radical (unpaired) electrons. The van der Waals surface area contributed by atoms with Gasteiger partial charge in [-0.05, 0) is 24.5 Å². The molecule has 1 aromatic rings. The topological polar surface area (TPSA) is 67.9 Å². The van der Waals surface area contributed by atoms with Gasteiger partial charge in [-0.2, -0.15) is 0 Å². The molecule has 1 fully saturated rings. The van der Waals surface area contributed by atoms with E-state index in [2.05, 4.69) is 5.32 Å². The first-order chi connectivity index (χ1) is 11.0. The van der Waals surface area contributed by atoms with Gasteiger partial charge >= 0.3 is 0 Å². The molecule has 0 saturated carbocycles. The van der Waals surface area contributed by atoms with Crippen molar-refractivity contribution in [1.29, 1.82) is 0 Å². The normalized spacial score (nSPS) is 17.5. The lowest BCUT2D eigenvalue weighted by Crippen LogP contribution is -2.38. The molecule has 6 nitrogen and oxygen atoms in total. The Morgan fingerprint density at radius 1 is 1.30 bits per heavy atom. The molecule has 126 valence electrons. The van der Waals surface area contributed by atoms with Crippen LogP contribution in [0, 0.1) is 11.8 Å².